The van der Waals surface area contributed by atoms with Gasteiger partial charge in [-0.05, 0) is 41.3 Å². The van der Waals surface area contributed by atoms with Crippen LogP contribution in [0.3, 0.4) is 0 Å². The maximum absolute atomic E-state index is 12.1. The molecular weight excluding hydrogens is 356 g/mol. The molecule has 5 heteroatoms. The molecule has 0 spiro atoms. The summed E-state index contributed by atoms with van der Waals surface area (Å²) < 4.78 is 0.902. The van der Waals surface area contributed by atoms with Gasteiger partial charge in [-0.25, -0.2) is 0 Å². The number of hydrogen-bond donors (Lipinski definition) is 2. The van der Waals surface area contributed by atoms with Gasteiger partial charge in [-0.1, -0.05) is 54.9 Å². The van der Waals surface area contributed by atoms with Crippen LogP contribution in [-0.2, 0) is 15.0 Å². The molecule has 23 heavy (non-hydrogen) atoms. The third kappa shape index (κ3) is 4.66. The monoisotopic (exact) mass is 374 g/mol. The van der Waals surface area contributed by atoms with Crippen LogP contribution in [0.15, 0.2) is 53.0 Å². The molecule has 0 aromatic heterocycles. The van der Waals surface area contributed by atoms with E-state index in [0.29, 0.717) is 11.4 Å². The van der Waals surface area contributed by atoms with E-state index in [1.807, 2.05) is 18.2 Å². The molecule has 0 saturated carbocycles. The Labute approximate surface area is 144 Å². The van der Waals surface area contributed by atoms with Gasteiger partial charge in [0.05, 0.1) is 0 Å². The first-order valence-electron chi connectivity index (χ1n) is 7.25. The molecule has 2 amide bonds. The number of anilines is 2. The van der Waals surface area contributed by atoms with Gasteiger partial charge >= 0.3 is 11.8 Å². The van der Waals surface area contributed by atoms with Crippen molar-refractivity contribution in [3.05, 3.63) is 58.6 Å². The van der Waals surface area contributed by atoms with E-state index in [-0.39, 0.29) is 5.41 Å². The summed E-state index contributed by atoms with van der Waals surface area (Å²) in [7, 11) is 0. The van der Waals surface area contributed by atoms with Gasteiger partial charge < -0.3 is 10.6 Å². The van der Waals surface area contributed by atoms with Crippen molar-refractivity contribution in [2.24, 2.45) is 0 Å². The Morgan fingerprint density at radius 2 is 1.43 bits per heavy atom. The third-order valence-electron chi connectivity index (χ3n) is 3.29. The molecule has 0 aliphatic carbocycles. The molecule has 4 nitrogen and oxygen atoms in total. The molecule has 0 fully saturated rings. The molecule has 0 radical (unpaired) electrons. The number of hydrogen-bond acceptors (Lipinski definition) is 2. The highest BCUT2D eigenvalue weighted by atomic mass is 79.9. The van der Waals surface area contributed by atoms with Crippen LogP contribution in [0.2, 0.25) is 0 Å². The van der Waals surface area contributed by atoms with Crippen molar-refractivity contribution in [1.29, 1.82) is 0 Å². The summed E-state index contributed by atoms with van der Waals surface area (Å²) in [5.74, 6) is -1.39. The van der Waals surface area contributed by atoms with Crippen LogP contribution in [0.5, 0.6) is 0 Å². The lowest BCUT2D eigenvalue weighted by Crippen LogP contribution is -2.30. The Balaban J connectivity index is 2.10. The lowest BCUT2D eigenvalue weighted by Gasteiger charge is -2.22. The zero-order chi connectivity index (χ0) is 17.0. The zero-order valence-corrected chi connectivity index (χ0v) is 14.9. The van der Waals surface area contributed by atoms with Crippen LogP contribution < -0.4 is 10.6 Å². The Morgan fingerprint density at radius 3 is 2.04 bits per heavy atom. The molecule has 0 aliphatic heterocycles. The molecule has 0 atom stereocenters. The van der Waals surface area contributed by atoms with E-state index in [4.69, 9.17) is 0 Å². The molecular formula is C18H19BrN2O2. The largest absolute Gasteiger partial charge is 0.318 e. The minimum atomic E-state index is -0.698. The molecule has 120 valence electrons. The number of benzene rings is 2. The maximum Gasteiger partial charge on any atom is 0.314 e. The Bertz CT molecular complexity index is 719. The van der Waals surface area contributed by atoms with Crippen molar-refractivity contribution in [2.75, 3.05) is 10.6 Å². The van der Waals surface area contributed by atoms with Gasteiger partial charge in [0, 0.05) is 15.8 Å². The quantitative estimate of drug-likeness (QED) is 0.768. The van der Waals surface area contributed by atoms with E-state index >= 15 is 0 Å². The van der Waals surface area contributed by atoms with E-state index in [1.54, 1.807) is 30.3 Å². The van der Waals surface area contributed by atoms with Crippen molar-refractivity contribution in [3.63, 3.8) is 0 Å². The number of para-hydroxylation sites is 1. The van der Waals surface area contributed by atoms with E-state index in [2.05, 4.69) is 47.3 Å². The second-order valence-electron chi connectivity index (χ2n) is 6.21. The fourth-order valence-electron chi connectivity index (χ4n) is 2.15. The van der Waals surface area contributed by atoms with Crippen LogP contribution in [0.25, 0.3) is 0 Å². The van der Waals surface area contributed by atoms with Crippen LogP contribution in [0, 0.1) is 0 Å². The van der Waals surface area contributed by atoms with Crippen molar-refractivity contribution in [1.82, 2.24) is 0 Å². The predicted molar refractivity (Wildman–Crippen MR) is 96.5 cm³/mol. The van der Waals surface area contributed by atoms with E-state index in [0.717, 1.165) is 10.0 Å². The highest BCUT2D eigenvalue weighted by Gasteiger charge is 2.21. The second-order valence-corrected chi connectivity index (χ2v) is 7.13. The highest BCUT2D eigenvalue weighted by Crippen LogP contribution is 2.29. The van der Waals surface area contributed by atoms with Gasteiger partial charge in [-0.3, -0.25) is 9.59 Å². The van der Waals surface area contributed by atoms with Gasteiger partial charge in [-0.2, -0.15) is 0 Å². The Hall–Kier alpha value is -2.14. The number of nitrogens with one attached hydrogen (secondary N) is 2. The minimum Gasteiger partial charge on any atom is -0.318 e. The lowest BCUT2D eigenvalue weighted by atomic mass is 9.86. The summed E-state index contributed by atoms with van der Waals surface area (Å²) in [6.07, 6.45) is 0. The van der Waals surface area contributed by atoms with Crippen LogP contribution in [0.1, 0.15) is 26.3 Å². The maximum atomic E-state index is 12.1. The van der Waals surface area contributed by atoms with Crippen molar-refractivity contribution < 1.29 is 9.59 Å². The van der Waals surface area contributed by atoms with Gasteiger partial charge in [0.15, 0.2) is 0 Å². The number of amides is 2. The minimum absolute atomic E-state index is 0.133. The third-order valence-corrected chi connectivity index (χ3v) is 3.82. The average molecular weight is 375 g/mol. The van der Waals surface area contributed by atoms with Gasteiger partial charge in [-0.15, -0.1) is 0 Å². The van der Waals surface area contributed by atoms with Gasteiger partial charge in [0.2, 0.25) is 0 Å². The summed E-state index contributed by atoms with van der Waals surface area (Å²) in [5.41, 5.74) is 2.06. The van der Waals surface area contributed by atoms with E-state index < -0.39 is 11.8 Å². The molecule has 0 saturated heterocycles. The molecule has 0 aliphatic rings. The first-order valence-corrected chi connectivity index (χ1v) is 8.04. The molecule has 0 heterocycles. The molecule has 2 aromatic carbocycles. The van der Waals surface area contributed by atoms with Gasteiger partial charge in [0.1, 0.15) is 0 Å². The summed E-state index contributed by atoms with van der Waals surface area (Å²) in [6.45, 7) is 6.17. The van der Waals surface area contributed by atoms with E-state index in [1.165, 1.54) is 0 Å². The van der Waals surface area contributed by atoms with Crippen molar-refractivity contribution in [3.8, 4) is 0 Å². The molecule has 0 bridgehead atoms. The normalized spacial score (nSPS) is 11.0. The Morgan fingerprint density at radius 1 is 0.870 bits per heavy atom. The van der Waals surface area contributed by atoms with Crippen LogP contribution in [-0.4, -0.2) is 11.8 Å². The first-order chi connectivity index (χ1) is 10.8. The second kappa shape index (κ2) is 6.96. The number of carbonyl (C=O) groups is 2. The smallest absolute Gasteiger partial charge is 0.314 e. The van der Waals surface area contributed by atoms with Crippen LogP contribution in [0.4, 0.5) is 11.4 Å². The highest BCUT2D eigenvalue weighted by molar-refractivity contribution is 9.10. The lowest BCUT2D eigenvalue weighted by molar-refractivity contribution is -0.133. The average Bonchev–Trinajstić information content (AvgIpc) is 2.49. The fraction of sp³-hybridized carbons (Fsp3) is 0.222. The Kier molecular flexibility index (Phi) is 5.21. The number of carbonyl (C=O) groups excluding carboxylic acids is 2. The van der Waals surface area contributed by atoms with Gasteiger partial charge in [0.25, 0.3) is 0 Å². The van der Waals surface area contributed by atoms with Crippen LogP contribution >= 0.6 is 15.9 Å². The fourth-order valence-corrected chi connectivity index (χ4v) is 2.41. The molecule has 2 aromatic rings. The molecule has 0 unspecified atom stereocenters. The SMILES string of the molecule is CC(C)(C)c1ccccc1NC(=O)C(=O)Nc1ccc(Br)cc1. The summed E-state index contributed by atoms with van der Waals surface area (Å²) in [6, 6.07) is 14.5. The number of rotatable bonds is 2. The molecule has 2 N–H and O–H groups in total. The van der Waals surface area contributed by atoms with Crippen molar-refractivity contribution in [2.45, 2.75) is 26.2 Å². The van der Waals surface area contributed by atoms with E-state index in [9.17, 15) is 9.59 Å². The standard InChI is InChI=1S/C18H19BrN2O2/c1-18(2,3)14-6-4-5-7-15(14)21-17(23)16(22)20-13-10-8-12(19)9-11-13/h4-11H,1-3H3,(H,20,22)(H,21,23). The number of halogens is 1. The summed E-state index contributed by atoms with van der Waals surface area (Å²) in [5, 5.41) is 5.26. The molecule has 2 rings (SSSR count). The zero-order valence-electron chi connectivity index (χ0n) is 13.3. The summed E-state index contributed by atoms with van der Waals surface area (Å²) >= 11 is 3.32. The first kappa shape index (κ1) is 17.2. The predicted octanol–water partition coefficient (Wildman–Crippen LogP) is 4.32. The van der Waals surface area contributed by atoms with Crippen molar-refractivity contribution >= 4 is 39.1 Å². The topological polar surface area (TPSA) is 58.2 Å². The summed E-state index contributed by atoms with van der Waals surface area (Å²) in [4.78, 5) is 24.2.